The van der Waals surface area contributed by atoms with Crippen LogP contribution in [0.25, 0.3) is 0 Å². The fraction of sp³-hybridized carbons (Fsp3) is 0.750. The molecular weight excluding hydrogens is 234 g/mol. The number of nitrogens with zero attached hydrogens (tertiary/aromatic N) is 2. The number of aromatic amines is 1. The number of nitrogens with one attached hydrogen (secondary N) is 1. The first-order chi connectivity index (χ1) is 7.97. The van der Waals surface area contributed by atoms with Gasteiger partial charge in [0.1, 0.15) is 12.1 Å². The lowest BCUT2D eigenvalue weighted by Crippen LogP contribution is -2.35. The van der Waals surface area contributed by atoms with Gasteiger partial charge >= 0.3 is 0 Å². The van der Waals surface area contributed by atoms with Gasteiger partial charge in [0, 0.05) is 5.92 Å². The van der Waals surface area contributed by atoms with Gasteiger partial charge < -0.3 is 0 Å². The lowest BCUT2D eigenvalue weighted by molar-refractivity contribution is -0.122. The zero-order valence-electron chi connectivity index (χ0n) is 10.4. The fourth-order valence-corrected chi connectivity index (χ4v) is 4.94. The number of hydrogen-bond donors (Lipinski definition) is 1. The summed E-state index contributed by atoms with van der Waals surface area (Å²) in [6, 6.07) is 0. The van der Waals surface area contributed by atoms with Gasteiger partial charge in [-0.15, -0.1) is 0 Å². The predicted molar refractivity (Wildman–Crippen MR) is 65.6 cm³/mol. The Kier molecular flexibility index (Phi) is 2.21. The van der Waals surface area contributed by atoms with Crippen molar-refractivity contribution in [1.82, 2.24) is 15.2 Å². The molecule has 0 aliphatic heterocycles. The summed E-state index contributed by atoms with van der Waals surface area (Å²) in [5, 5.41) is 7.47. The van der Waals surface area contributed by atoms with E-state index in [-0.39, 0.29) is 22.0 Å². The van der Waals surface area contributed by atoms with Crippen LogP contribution in [0.15, 0.2) is 11.5 Å². The van der Waals surface area contributed by atoms with Crippen LogP contribution < -0.4 is 0 Å². The van der Waals surface area contributed by atoms with Crippen molar-refractivity contribution in [1.29, 1.82) is 0 Å². The van der Waals surface area contributed by atoms with E-state index in [1.54, 1.807) is 11.8 Å². The molecule has 0 saturated heterocycles. The van der Waals surface area contributed by atoms with Crippen molar-refractivity contribution in [3.63, 3.8) is 0 Å². The van der Waals surface area contributed by atoms with Gasteiger partial charge in [-0.1, -0.05) is 32.5 Å². The molecule has 2 aliphatic rings. The van der Waals surface area contributed by atoms with Gasteiger partial charge in [-0.2, -0.15) is 5.10 Å². The van der Waals surface area contributed by atoms with E-state index in [1.165, 1.54) is 6.33 Å². The summed E-state index contributed by atoms with van der Waals surface area (Å²) in [5.41, 5.74) is 0.202. The Bertz CT molecular complexity index is 456. The molecule has 2 saturated carbocycles. The first-order valence-electron chi connectivity index (χ1n) is 6.02. The van der Waals surface area contributed by atoms with Crippen LogP contribution in [0.2, 0.25) is 0 Å². The maximum Gasteiger partial charge on any atom is 0.184 e. The summed E-state index contributed by atoms with van der Waals surface area (Å²) in [4.78, 5) is 16.6. The zero-order valence-corrected chi connectivity index (χ0v) is 11.2. The SMILES string of the molecule is CC1(C)[C@H]2CC[C@]1(C)[C@H](Sc1ncn[nH]1)C2=O. The third-order valence-corrected chi connectivity index (χ3v) is 6.51. The summed E-state index contributed by atoms with van der Waals surface area (Å²) in [5.74, 6) is 0.637. The molecular formula is C12H17N3OS. The molecule has 0 radical (unpaired) electrons. The fourth-order valence-electron chi connectivity index (χ4n) is 3.54. The first kappa shape index (κ1) is 11.3. The number of thioether (sulfide) groups is 1. The highest BCUT2D eigenvalue weighted by molar-refractivity contribution is 8.00. The third-order valence-electron chi connectivity index (χ3n) is 5.10. The van der Waals surface area contributed by atoms with Crippen LogP contribution in [0, 0.1) is 16.7 Å². The van der Waals surface area contributed by atoms with Crippen molar-refractivity contribution in [2.45, 2.75) is 44.0 Å². The number of Topliss-reactive ketones (excluding diaryl/α,β-unsaturated/α-hetero) is 1. The van der Waals surface area contributed by atoms with E-state index in [9.17, 15) is 4.79 Å². The van der Waals surface area contributed by atoms with Crippen LogP contribution in [-0.4, -0.2) is 26.2 Å². The average Bonchev–Trinajstić information content (AvgIpc) is 2.86. The largest absolute Gasteiger partial charge is 0.298 e. The van der Waals surface area contributed by atoms with Gasteiger partial charge in [0.25, 0.3) is 0 Å². The second kappa shape index (κ2) is 3.34. The summed E-state index contributed by atoms with van der Waals surface area (Å²) in [6.07, 6.45) is 3.69. The minimum Gasteiger partial charge on any atom is -0.298 e. The van der Waals surface area contributed by atoms with Gasteiger partial charge in [0.05, 0.1) is 5.25 Å². The van der Waals surface area contributed by atoms with E-state index in [4.69, 9.17) is 0 Å². The third kappa shape index (κ3) is 1.29. The van der Waals surface area contributed by atoms with Crippen molar-refractivity contribution in [3.05, 3.63) is 6.33 Å². The van der Waals surface area contributed by atoms with E-state index in [1.807, 2.05) is 0 Å². The number of carbonyl (C=O) groups excluding carboxylic acids is 1. The molecule has 1 N–H and O–H groups in total. The van der Waals surface area contributed by atoms with Crippen LogP contribution in [0.1, 0.15) is 33.6 Å². The second-order valence-corrected chi connectivity index (χ2v) is 7.02. The lowest BCUT2D eigenvalue weighted by Gasteiger charge is -2.37. The van der Waals surface area contributed by atoms with E-state index < -0.39 is 0 Å². The molecule has 0 aromatic carbocycles. The van der Waals surface area contributed by atoms with Crippen LogP contribution in [0.5, 0.6) is 0 Å². The Morgan fingerprint density at radius 3 is 2.76 bits per heavy atom. The average molecular weight is 251 g/mol. The molecule has 1 aromatic rings. The molecule has 17 heavy (non-hydrogen) atoms. The quantitative estimate of drug-likeness (QED) is 0.876. The lowest BCUT2D eigenvalue weighted by atomic mass is 9.71. The zero-order chi connectivity index (χ0) is 12.3. The van der Waals surface area contributed by atoms with Gasteiger partial charge in [-0.25, -0.2) is 4.98 Å². The molecule has 2 bridgehead atoms. The number of fused-ring (bicyclic) bond motifs is 2. The number of H-pyrrole nitrogens is 1. The number of hydrogen-bond acceptors (Lipinski definition) is 4. The molecule has 3 rings (SSSR count). The standard InChI is InChI=1S/C12H17N3OS/c1-11(2)7-4-5-12(11,3)9(8(7)16)17-10-13-6-14-15-10/h6-7,9H,4-5H2,1-3H3,(H,13,14,15)/t7-,9+,12+/m0/s1. The molecule has 1 aromatic heterocycles. The van der Waals surface area contributed by atoms with Gasteiger partial charge in [-0.3, -0.25) is 9.89 Å². The van der Waals surface area contributed by atoms with Crippen LogP contribution in [0.4, 0.5) is 0 Å². The highest BCUT2D eigenvalue weighted by atomic mass is 32.2. The molecule has 2 fully saturated rings. The molecule has 1 heterocycles. The summed E-state index contributed by atoms with van der Waals surface area (Å²) >= 11 is 1.55. The summed E-state index contributed by atoms with van der Waals surface area (Å²) in [7, 11) is 0. The van der Waals surface area contributed by atoms with E-state index >= 15 is 0 Å². The number of rotatable bonds is 2. The Labute approximate surface area is 105 Å². The van der Waals surface area contributed by atoms with Crippen molar-refractivity contribution in [3.8, 4) is 0 Å². The van der Waals surface area contributed by atoms with Gasteiger partial charge in [0.15, 0.2) is 5.16 Å². The number of aromatic nitrogens is 3. The molecule has 0 unspecified atom stereocenters. The smallest absolute Gasteiger partial charge is 0.184 e. The van der Waals surface area contributed by atoms with Crippen LogP contribution in [0.3, 0.4) is 0 Å². The maximum atomic E-state index is 12.4. The highest BCUT2D eigenvalue weighted by Crippen LogP contribution is 2.66. The summed E-state index contributed by atoms with van der Waals surface area (Å²) in [6.45, 7) is 6.74. The van der Waals surface area contributed by atoms with Gasteiger partial charge in [0.2, 0.25) is 0 Å². The molecule has 0 amide bonds. The van der Waals surface area contributed by atoms with Crippen molar-refractivity contribution >= 4 is 17.5 Å². The first-order valence-corrected chi connectivity index (χ1v) is 6.90. The Morgan fingerprint density at radius 1 is 1.47 bits per heavy atom. The minimum atomic E-state index is 0.0317. The second-order valence-electron chi connectivity index (χ2n) is 5.92. The monoisotopic (exact) mass is 251 g/mol. The van der Waals surface area contributed by atoms with Crippen LogP contribution in [-0.2, 0) is 4.79 Å². The topological polar surface area (TPSA) is 58.6 Å². The van der Waals surface area contributed by atoms with Crippen molar-refractivity contribution in [2.24, 2.45) is 16.7 Å². The number of carbonyl (C=O) groups is 1. The normalized spacial score (nSPS) is 38.9. The molecule has 0 spiro atoms. The van der Waals surface area contributed by atoms with E-state index in [0.29, 0.717) is 5.78 Å². The Hall–Kier alpha value is -0.840. The minimum absolute atomic E-state index is 0.0317. The highest BCUT2D eigenvalue weighted by Gasteiger charge is 2.66. The van der Waals surface area contributed by atoms with E-state index in [0.717, 1.165) is 18.0 Å². The predicted octanol–water partition coefficient (Wildman–Crippen LogP) is 2.29. The van der Waals surface area contributed by atoms with Crippen molar-refractivity contribution < 1.29 is 4.79 Å². The molecule has 3 atom stereocenters. The molecule has 5 heteroatoms. The van der Waals surface area contributed by atoms with Crippen LogP contribution >= 0.6 is 11.8 Å². The summed E-state index contributed by atoms with van der Waals surface area (Å²) < 4.78 is 0. The maximum absolute atomic E-state index is 12.4. The number of ketones is 1. The Morgan fingerprint density at radius 2 is 2.24 bits per heavy atom. The Balaban J connectivity index is 1.94. The van der Waals surface area contributed by atoms with E-state index in [2.05, 4.69) is 36.0 Å². The van der Waals surface area contributed by atoms with Crippen molar-refractivity contribution in [2.75, 3.05) is 0 Å². The molecule has 4 nitrogen and oxygen atoms in total. The van der Waals surface area contributed by atoms with Gasteiger partial charge in [-0.05, 0) is 23.7 Å². The molecule has 92 valence electrons. The molecule has 2 aliphatic carbocycles.